The number of aromatic nitrogens is 2. The van der Waals surface area contributed by atoms with Gasteiger partial charge in [0.1, 0.15) is 16.5 Å². The van der Waals surface area contributed by atoms with E-state index in [2.05, 4.69) is 19.2 Å². The van der Waals surface area contributed by atoms with Crippen molar-refractivity contribution in [1.82, 2.24) is 9.97 Å². The molecular weight excluding hydrogens is 266 g/mol. The minimum atomic E-state index is 0.972. The van der Waals surface area contributed by atoms with Crippen molar-refractivity contribution in [2.24, 2.45) is 0 Å². The van der Waals surface area contributed by atoms with Gasteiger partial charge in [-0.05, 0) is 44.1 Å². The molecule has 0 aliphatic heterocycles. The first kappa shape index (κ1) is 13.8. The van der Waals surface area contributed by atoms with Crippen LogP contribution in [0.15, 0.2) is 0 Å². The van der Waals surface area contributed by atoms with Gasteiger partial charge in [0, 0.05) is 17.8 Å². The Hall–Kier alpha value is -1.16. The molecule has 0 saturated carbocycles. The number of hydrogen-bond acceptors (Lipinski definition) is 4. The minimum absolute atomic E-state index is 0.972. The molecule has 20 heavy (non-hydrogen) atoms. The van der Waals surface area contributed by atoms with E-state index in [-0.39, 0.29) is 0 Å². The monoisotopic (exact) mass is 289 g/mol. The average molecular weight is 289 g/mol. The molecule has 0 unspecified atom stereocenters. The second-order valence-electron chi connectivity index (χ2n) is 5.56. The highest BCUT2D eigenvalue weighted by molar-refractivity contribution is 7.19. The molecule has 2 heterocycles. The van der Waals surface area contributed by atoms with Crippen LogP contribution in [0.4, 0.5) is 5.82 Å². The zero-order chi connectivity index (χ0) is 13.9. The largest absolute Gasteiger partial charge is 0.369 e. The smallest absolute Gasteiger partial charge is 0.138 e. The fraction of sp³-hybridized carbons (Fsp3) is 0.625. The van der Waals surface area contributed by atoms with Crippen molar-refractivity contribution in [2.75, 3.05) is 11.9 Å². The molecule has 3 nitrogen and oxygen atoms in total. The molecule has 0 atom stereocenters. The fourth-order valence-corrected chi connectivity index (χ4v) is 4.19. The maximum atomic E-state index is 4.81. The van der Waals surface area contributed by atoms with Crippen LogP contribution in [0.1, 0.15) is 55.8 Å². The summed E-state index contributed by atoms with van der Waals surface area (Å²) in [7, 11) is 0. The Bertz CT molecular complexity index is 603. The van der Waals surface area contributed by atoms with Crippen LogP contribution < -0.4 is 5.32 Å². The Morgan fingerprint density at radius 3 is 2.75 bits per heavy atom. The highest BCUT2D eigenvalue weighted by Crippen LogP contribution is 2.38. The van der Waals surface area contributed by atoms with E-state index in [0.29, 0.717) is 0 Å². The molecule has 2 aromatic heterocycles. The Balaban J connectivity index is 2.11. The van der Waals surface area contributed by atoms with Crippen molar-refractivity contribution < 1.29 is 0 Å². The molecule has 1 N–H and O–H groups in total. The maximum absolute atomic E-state index is 4.81. The van der Waals surface area contributed by atoms with Crippen molar-refractivity contribution in [1.29, 1.82) is 0 Å². The Labute approximate surface area is 124 Å². The Morgan fingerprint density at radius 1 is 1.10 bits per heavy atom. The molecule has 1 aliphatic rings. The maximum Gasteiger partial charge on any atom is 0.138 e. The summed E-state index contributed by atoms with van der Waals surface area (Å²) in [5, 5.41) is 4.85. The molecule has 0 saturated heterocycles. The normalized spacial score (nSPS) is 14.5. The average Bonchev–Trinajstić information content (AvgIpc) is 2.83. The van der Waals surface area contributed by atoms with Gasteiger partial charge in [-0.1, -0.05) is 13.8 Å². The first-order valence-electron chi connectivity index (χ1n) is 7.88. The standard InChI is InChI=1S/C16H23N3S/c1-3-7-13-18-15(17-10-4-2)14-11-8-5-6-9-12(11)20-16(14)19-13/h3-10H2,1-2H3,(H,17,18,19). The summed E-state index contributed by atoms with van der Waals surface area (Å²) in [5.41, 5.74) is 1.53. The lowest BCUT2D eigenvalue weighted by Gasteiger charge is -2.13. The van der Waals surface area contributed by atoms with Crippen LogP contribution in [0.3, 0.4) is 0 Å². The number of rotatable bonds is 5. The summed E-state index contributed by atoms with van der Waals surface area (Å²) >= 11 is 1.90. The number of aryl methyl sites for hydroxylation is 3. The van der Waals surface area contributed by atoms with E-state index in [0.717, 1.165) is 37.4 Å². The molecule has 0 fully saturated rings. The molecule has 0 spiro atoms. The van der Waals surface area contributed by atoms with Crippen molar-refractivity contribution >= 4 is 27.4 Å². The number of nitrogens with zero attached hydrogens (tertiary/aromatic N) is 2. The van der Waals surface area contributed by atoms with Gasteiger partial charge in [-0.2, -0.15) is 0 Å². The Kier molecular flexibility index (Phi) is 4.20. The van der Waals surface area contributed by atoms with Gasteiger partial charge in [0.25, 0.3) is 0 Å². The van der Waals surface area contributed by atoms with Crippen molar-refractivity contribution in [3.8, 4) is 0 Å². The zero-order valence-electron chi connectivity index (χ0n) is 12.5. The van der Waals surface area contributed by atoms with Gasteiger partial charge in [0.05, 0.1) is 5.39 Å². The lowest BCUT2D eigenvalue weighted by molar-refractivity contribution is 0.700. The van der Waals surface area contributed by atoms with Crippen LogP contribution >= 0.6 is 11.3 Å². The summed E-state index contributed by atoms with van der Waals surface area (Å²) in [6.07, 6.45) is 8.26. The number of thiophene rings is 1. The Morgan fingerprint density at radius 2 is 1.95 bits per heavy atom. The highest BCUT2D eigenvalue weighted by atomic mass is 32.1. The molecule has 0 radical (unpaired) electrons. The molecule has 3 rings (SSSR count). The van der Waals surface area contributed by atoms with Gasteiger partial charge in [-0.25, -0.2) is 9.97 Å². The molecule has 1 aliphatic carbocycles. The number of hydrogen-bond donors (Lipinski definition) is 1. The predicted octanol–water partition coefficient (Wildman–Crippen LogP) is 4.34. The summed E-state index contributed by atoms with van der Waals surface area (Å²) in [6, 6.07) is 0. The van der Waals surface area contributed by atoms with E-state index >= 15 is 0 Å². The third kappa shape index (κ3) is 2.53. The number of fused-ring (bicyclic) bond motifs is 3. The van der Waals surface area contributed by atoms with Crippen molar-refractivity contribution in [2.45, 2.75) is 58.8 Å². The van der Waals surface area contributed by atoms with Gasteiger partial charge in [-0.15, -0.1) is 11.3 Å². The molecule has 0 aromatic carbocycles. The highest BCUT2D eigenvalue weighted by Gasteiger charge is 2.20. The van der Waals surface area contributed by atoms with Crippen LogP contribution in [0, 0.1) is 0 Å². The van der Waals surface area contributed by atoms with Crippen LogP contribution in [-0.4, -0.2) is 16.5 Å². The van der Waals surface area contributed by atoms with Crippen LogP contribution in [0.25, 0.3) is 10.2 Å². The fourth-order valence-electron chi connectivity index (χ4n) is 2.91. The van der Waals surface area contributed by atoms with E-state index in [4.69, 9.17) is 9.97 Å². The van der Waals surface area contributed by atoms with Gasteiger partial charge >= 0.3 is 0 Å². The van der Waals surface area contributed by atoms with E-state index < -0.39 is 0 Å². The van der Waals surface area contributed by atoms with Crippen LogP contribution in [0.5, 0.6) is 0 Å². The first-order chi connectivity index (χ1) is 9.83. The zero-order valence-corrected chi connectivity index (χ0v) is 13.3. The van der Waals surface area contributed by atoms with Crippen LogP contribution in [0.2, 0.25) is 0 Å². The van der Waals surface area contributed by atoms with E-state index in [9.17, 15) is 0 Å². The molecule has 2 aromatic rings. The molecule has 0 amide bonds. The van der Waals surface area contributed by atoms with E-state index in [1.807, 2.05) is 11.3 Å². The van der Waals surface area contributed by atoms with Crippen molar-refractivity contribution in [3.05, 3.63) is 16.3 Å². The molecule has 108 valence electrons. The summed E-state index contributed by atoms with van der Waals surface area (Å²) in [5.74, 6) is 2.08. The van der Waals surface area contributed by atoms with Gasteiger partial charge in [-0.3, -0.25) is 0 Å². The minimum Gasteiger partial charge on any atom is -0.369 e. The molecular formula is C16H23N3S. The number of anilines is 1. The lowest BCUT2D eigenvalue weighted by atomic mass is 9.97. The van der Waals surface area contributed by atoms with Crippen LogP contribution in [-0.2, 0) is 19.3 Å². The third-order valence-corrected chi connectivity index (χ3v) is 5.06. The number of nitrogens with one attached hydrogen (secondary N) is 1. The summed E-state index contributed by atoms with van der Waals surface area (Å²) in [4.78, 5) is 12.4. The molecule has 0 bridgehead atoms. The lowest BCUT2D eigenvalue weighted by Crippen LogP contribution is -2.07. The molecule has 4 heteroatoms. The first-order valence-corrected chi connectivity index (χ1v) is 8.70. The third-order valence-electron chi connectivity index (χ3n) is 3.88. The van der Waals surface area contributed by atoms with E-state index in [1.54, 1.807) is 4.88 Å². The predicted molar refractivity (Wildman–Crippen MR) is 86.8 cm³/mol. The second kappa shape index (κ2) is 6.08. The van der Waals surface area contributed by atoms with Gasteiger partial charge in [0.15, 0.2) is 0 Å². The quantitative estimate of drug-likeness (QED) is 0.889. The van der Waals surface area contributed by atoms with Gasteiger partial charge < -0.3 is 5.32 Å². The van der Waals surface area contributed by atoms with E-state index in [1.165, 1.54) is 41.5 Å². The summed E-state index contributed by atoms with van der Waals surface area (Å²) < 4.78 is 0. The van der Waals surface area contributed by atoms with Gasteiger partial charge in [0.2, 0.25) is 0 Å². The summed E-state index contributed by atoms with van der Waals surface area (Å²) in [6.45, 7) is 5.37. The van der Waals surface area contributed by atoms with Crippen molar-refractivity contribution in [3.63, 3.8) is 0 Å². The topological polar surface area (TPSA) is 37.8 Å². The SMILES string of the molecule is CCCNc1nc(CCC)nc2sc3c(c12)CCCC3. The second-order valence-corrected chi connectivity index (χ2v) is 6.64.